The molecule has 1 aliphatic heterocycles. The number of anilines is 1. The number of benzene rings is 2. The van der Waals surface area contributed by atoms with Crippen molar-refractivity contribution in [1.29, 1.82) is 0 Å². The van der Waals surface area contributed by atoms with Crippen molar-refractivity contribution in [3.05, 3.63) is 83.2 Å². The van der Waals surface area contributed by atoms with E-state index in [2.05, 4.69) is 5.10 Å². The summed E-state index contributed by atoms with van der Waals surface area (Å²) in [5.74, 6) is -0.775. The van der Waals surface area contributed by atoms with Crippen LogP contribution < -0.4 is 4.90 Å². The maximum absolute atomic E-state index is 12.7. The van der Waals surface area contributed by atoms with Gasteiger partial charge in [0.15, 0.2) is 6.61 Å². The van der Waals surface area contributed by atoms with E-state index in [1.807, 2.05) is 80.1 Å². The zero-order valence-electron chi connectivity index (χ0n) is 17.9. The predicted molar refractivity (Wildman–Crippen MR) is 120 cm³/mol. The zero-order chi connectivity index (χ0) is 22.0. The molecule has 0 bridgehead atoms. The molecule has 4 rings (SSSR count). The Morgan fingerprint density at radius 3 is 2.58 bits per heavy atom. The second kappa shape index (κ2) is 8.60. The second-order valence-electron chi connectivity index (χ2n) is 7.72. The van der Waals surface area contributed by atoms with Crippen molar-refractivity contribution in [2.75, 3.05) is 11.5 Å². The van der Waals surface area contributed by atoms with Gasteiger partial charge in [-0.15, -0.1) is 0 Å². The van der Waals surface area contributed by atoms with Gasteiger partial charge < -0.3 is 9.64 Å². The Labute approximate surface area is 181 Å². The average Bonchev–Trinajstić information content (AvgIpc) is 3.26. The van der Waals surface area contributed by atoms with E-state index in [9.17, 15) is 9.59 Å². The van der Waals surface area contributed by atoms with Crippen molar-refractivity contribution in [3.8, 4) is 5.69 Å². The summed E-state index contributed by atoms with van der Waals surface area (Å²) in [5.41, 5.74) is 5.57. The first-order valence-electron chi connectivity index (χ1n) is 10.3. The average molecular weight is 415 g/mol. The van der Waals surface area contributed by atoms with Gasteiger partial charge in [-0.05, 0) is 57.0 Å². The van der Waals surface area contributed by atoms with Crippen molar-refractivity contribution in [2.45, 2.75) is 33.2 Å². The first kappa shape index (κ1) is 20.6. The molecule has 0 fully saturated rings. The van der Waals surface area contributed by atoms with Crippen LogP contribution in [0.2, 0.25) is 0 Å². The van der Waals surface area contributed by atoms with Crippen LogP contribution in [0.5, 0.6) is 0 Å². The van der Waals surface area contributed by atoms with Gasteiger partial charge in [-0.1, -0.05) is 36.4 Å². The standard InChI is InChI=1S/C25H25N3O3/c1-17-15-20-9-7-8-12-23(20)27(17)24(29)16-31-25(30)14-13-22-18(2)26-28(19(22)3)21-10-5-4-6-11-21/h4-14,17H,15-16H2,1-3H3/b14-13+/t17-/m0/s1. The number of para-hydroxylation sites is 2. The van der Waals surface area contributed by atoms with Gasteiger partial charge in [-0.25, -0.2) is 9.48 Å². The number of hydrogen-bond donors (Lipinski definition) is 0. The molecule has 6 nitrogen and oxygen atoms in total. The number of rotatable bonds is 5. The predicted octanol–water partition coefficient (Wildman–Crippen LogP) is 4.02. The van der Waals surface area contributed by atoms with Crippen LogP contribution in [0.25, 0.3) is 11.8 Å². The molecule has 1 aromatic heterocycles. The van der Waals surface area contributed by atoms with Crippen LogP contribution in [-0.4, -0.2) is 34.3 Å². The van der Waals surface area contributed by atoms with Gasteiger partial charge >= 0.3 is 5.97 Å². The van der Waals surface area contributed by atoms with Crippen LogP contribution in [0.4, 0.5) is 5.69 Å². The third kappa shape index (κ3) is 4.14. The van der Waals surface area contributed by atoms with E-state index in [0.29, 0.717) is 0 Å². The molecular weight excluding hydrogens is 390 g/mol. The molecule has 0 saturated carbocycles. The number of carbonyl (C=O) groups excluding carboxylic acids is 2. The monoisotopic (exact) mass is 415 g/mol. The van der Waals surface area contributed by atoms with Gasteiger partial charge in [0.05, 0.1) is 11.4 Å². The summed E-state index contributed by atoms with van der Waals surface area (Å²) in [6, 6.07) is 17.7. The summed E-state index contributed by atoms with van der Waals surface area (Å²) in [6.45, 7) is 5.56. The van der Waals surface area contributed by atoms with E-state index in [-0.39, 0.29) is 18.6 Å². The summed E-state index contributed by atoms with van der Waals surface area (Å²) in [6.07, 6.45) is 3.85. The van der Waals surface area contributed by atoms with Crippen molar-refractivity contribution >= 4 is 23.6 Å². The number of ether oxygens (including phenoxy) is 1. The fraction of sp³-hybridized carbons (Fsp3) is 0.240. The summed E-state index contributed by atoms with van der Waals surface area (Å²) in [5, 5.41) is 4.57. The number of hydrogen-bond acceptors (Lipinski definition) is 4. The fourth-order valence-electron chi connectivity index (χ4n) is 4.06. The normalized spacial score (nSPS) is 15.3. The largest absolute Gasteiger partial charge is 0.452 e. The van der Waals surface area contributed by atoms with Gasteiger partial charge in [-0.3, -0.25) is 4.79 Å². The van der Waals surface area contributed by atoms with Gasteiger partial charge in [0.25, 0.3) is 5.91 Å². The van der Waals surface area contributed by atoms with Gasteiger partial charge in [0.1, 0.15) is 0 Å². The number of amides is 1. The van der Waals surface area contributed by atoms with E-state index in [4.69, 9.17) is 4.74 Å². The summed E-state index contributed by atoms with van der Waals surface area (Å²) in [4.78, 5) is 26.6. The van der Waals surface area contributed by atoms with Gasteiger partial charge in [-0.2, -0.15) is 5.10 Å². The molecule has 158 valence electrons. The number of carbonyl (C=O) groups is 2. The molecule has 31 heavy (non-hydrogen) atoms. The molecule has 2 aromatic carbocycles. The third-order valence-corrected chi connectivity index (χ3v) is 5.55. The van der Waals surface area contributed by atoms with Crippen LogP contribution in [0.3, 0.4) is 0 Å². The summed E-state index contributed by atoms with van der Waals surface area (Å²) >= 11 is 0. The van der Waals surface area contributed by atoms with Crippen LogP contribution in [0.15, 0.2) is 60.7 Å². The molecule has 3 aromatic rings. The second-order valence-corrected chi connectivity index (χ2v) is 7.72. The number of aromatic nitrogens is 2. The number of aryl methyl sites for hydroxylation is 1. The maximum Gasteiger partial charge on any atom is 0.331 e. The van der Waals surface area contributed by atoms with Crippen molar-refractivity contribution in [3.63, 3.8) is 0 Å². The minimum Gasteiger partial charge on any atom is -0.452 e. The van der Waals surface area contributed by atoms with Crippen molar-refractivity contribution < 1.29 is 14.3 Å². The summed E-state index contributed by atoms with van der Waals surface area (Å²) in [7, 11) is 0. The van der Waals surface area contributed by atoms with Gasteiger partial charge in [0, 0.05) is 29.1 Å². The SMILES string of the molecule is Cc1nn(-c2ccccc2)c(C)c1/C=C/C(=O)OCC(=O)N1c2ccccc2C[C@@H]1C. The Hall–Kier alpha value is -3.67. The molecule has 6 heteroatoms. The highest BCUT2D eigenvalue weighted by molar-refractivity contribution is 5.98. The Kier molecular flexibility index (Phi) is 5.71. The minimum absolute atomic E-state index is 0.0493. The molecule has 0 N–H and O–H groups in total. The van der Waals surface area contributed by atoms with E-state index < -0.39 is 5.97 Å². The van der Waals surface area contributed by atoms with E-state index in [1.165, 1.54) is 6.08 Å². The van der Waals surface area contributed by atoms with Crippen LogP contribution in [0, 0.1) is 13.8 Å². The first-order valence-corrected chi connectivity index (χ1v) is 10.3. The fourth-order valence-corrected chi connectivity index (χ4v) is 4.06. The smallest absolute Gasteiger partial charge is 0.331 e. The molecule has 2 heterocycles. The molecule has 0 unspecified atom stereocenters. The molecule has 1 atom stereocenters. The molecule has 0 saturated heterocycles. The Bertz CT molecular complexity index is 1150. The Balaban J connectivity index is 1.41. The lowest BCUT2D eigenvalue weighted by molar-refractivity contribution is -0.143. The lowest BCUT2D eigenvalue weighted by atomic mass is 10.1. The number of esters is 1. The Morgan fingerprint density at radius 1 is 1.10 bits per heavy atom. The molecule has 0 spiro atoms. The molecule has 1 amide bonds. The van der Waals surface area contributed by atoms with Crippen molar-refractivity contribution in [2.24, 2.45) is 0 Å². The van der Waals surface area contributed by atoms with E-state index >= 15 is 0 Å². The van der Waals surface area contributed by atoms with Gasteiger partial charge in [0.2, 0.25) is 0 Å². The van der Waals surface area contributed by atoms with E-state index in [0.717, 1.165) is 40.3 Å². The maximum atomic E-state index is 12.7. The highest BCUT2D eigenvalue weighted by atomic mass is 16.5. The molecule has 0 radical (unpaired) electrons. The number of fused-ring (bicyclic) bond motifs is 1. The lowest BCUT2D eigenvalue weighted by Crippen LogP contribution is -2.38. The topological polar surface area (TPSA) is 64.4 Å². The Morgan fingerprint density at radius 2 is 1.81 bits per heavy atom. The highest BCUT2D eigenvalue weighted by Crippen LogP contribution is 2.31. The highest BCUT2D eigenvalue weighted by Gasteiger charge is 2.30. The molecule has 1 aliphatic rings. The number of nitrogens with zero attached hydrogens (tertiary/aromatic N) is 3. The minimum atomic E-state index is -0.556. The van der Waals surface area contributed by atoms with Crippen LogP contribution >= 0.6 is 0 Å². The zero-order valence-corrected chi connectivity index (χ0v) is 17.9. The summed E-state index contributed by atoms with van der Waals surface area (Å²) < 4.78 is 7.07. The van der Waals surface area contributed by atoms with Crippen molar-refractivity contribution in [1.82, 2.24) is 9.78 Å². The van der Waals surface area contributed by atoms with E-state index in [1.54, 1.807) is 11.0 Å². The molecular formula is C25H25N3O3. The molecule has 0 aliphatic carbocycles. The lowest BCUT2D eigenvalue weighted by Gasteiger charge is -2.22. The quantitative estimate of drug-likeness (QED) is 0.466. The van der Waals surface area contributed by atoms with Crippen LogP contribution in [-0.2, 0) is 20.7 Å². The van der Waals surface area contributed by atoms with Crippen LogP contribution in [0.1, 0.15) is 29.4 Å². The third-order valence-electron chi connectivity index (χ3n) is 5.55. The first-order chi connectivity index (χ1) is 15.0.